The van der Waals surface area contributed by atoms with Gasteiger partial charge in [0.15, 0.2) is 5.75 Å². The number of nitro groups is 1. The first-order chi connectivity index (χ1) is 9.51. The van der Waals surface area contributed by atoms with Gasteiger partial charge in [0.1, 0.15) is 11.3 Å². The molecule has 0 aliphatic carbocycles. The lowest BCUT2D eigenvalue weighted by Crippen LogP contribution is -2.02. The number of aromatic carboxylic acids is 1. The van der Waals surface area contributed by atoms with E-state index in [2.05, 4.69) is 5.10 Å². The first-order valence-electron chi connectivity index (χ1n) is 5.73. The summed E-state index contributed by atoms with van der Waals surface area (Å²) in [5.74, 6) is -0.757. The Balaban J connectivity index is 2.31. The maximum atomic E-state index is 11.0. The normalized spacial score (nSPS) is 10.2. The number of hydrogen-bond acceptors (Lipinski definition) is 5. The van der Waals surface area contributed by atoms with Crippen molar-refractivity contribution in [1.82, 2.24) is 9.78 Å². The number of ether oxygens (including phenoxy) is 1. The van der Waals surface area contributed by atoms with Crippen LogP contribution in [0.1, 0.15) is 17.3 Å². The monoisotopic (exact) mass is 277 g/mol. The van der Waals surface area contributed by atoms with Gasteiger partial charge >= 0.3 is 5.97 Å². The second-order valence-electron chi connectivity index (χ2n) is 3.88. The molecule has 0 spiro atoms. The molecule has 1 N–H and O–H groups in total. The number of hydrogen-bond donors (Lipinski definition) is 1. The largest absolute Gasteiger partial charge is 0.477 e. The van der Waals surface area contributed by atoms with E-state index in [4.69, 9.17) is 9.84 Å². The fourth-order valence-electron chi connectivity index (χ4n) is 1.62. The predicted octanol–water partition coefficient (Wildman–Crippen LogP) is 2.30. The van der Waals surface area contributed by atoms with E-state index in [0.29, 0.717) is 12.3 Å². The second kappa shape index (κ2) is 5.39. The zero-order chi connectivity index (χ0) is 14.7. The number of rotatable bonds is 5. The number of carbonyl (C=O) groups is 1. The molecule has 0 aliphatic heterocycles. The molecule has 8 heteroatoms. The zero-order valence-electron chi connectivity index (χ0n) is 10.5. The van der Waals surface area contributed by atoms with Gasteiger partial charge in [-0.15, -0.1) is 0 Å². The van der Waals surface area contributed by atoms with Crippen LogP contribution < -0.4 is 4.74 Å². The Morgan fingerprint density at radius 1 is 1.50 bits per heavy atom. The smallest absolute Gasteiger partial charge is 0.342 e. The first-order valence-corrected chi connectivity index (χ1v) is 5.73. The van der Waals surface area contributed by atoms with Crippen LogP contribution in [0.2, 0.25) is 0 Å². The predicted molar refractivity (Wildman–Crippen MR) is 68.0 cm³/mol. The molecular weight excluding hydrogens is 266 g/mol. The number of aryl methyl sites for hydroxylation is 1. The molecule has 0 aliphatic rings. The van der Waals surface area contributed by atoms with Gasteiger partial charge in [0, 0.05) is 18.7 Å². The van der Waals surface area contributed by atoms with Crippen molar-refractivity contribution in [2.24, 2.45) is 0 Å². The molecule has 0 bridgehead atoms. The fraction of sp³-hybridized carbons (Fsp3) is 0.167. The Bertz CT molecular complexity index is 665. The molecule has 0 unspecified atom stereocenters. The molecule has 2 rings (SSSR count). The highest BCUT2D eigenvalue weighted by Gasteiger charge is 2.20. The van der Waals surface area contributed by atoms with Crippen molar-refractivity contribution in [2.75, 3.05) is 0 Å². The van der Waals surface area contributed by atoms with Crippen LogP contribution in [0.5, 0.6) is 11.5 Å². The van der Waals surface area contributed by atoms with E-state index in [1.54, 1.807) is 10.9 Å². The highest BCUT2D eigenvalue weighted by Crippen LogP contribution is 2.27. The molecule has 0 saturated heterocycles. The highest BCUT2D eigenvalue weighted by molar-refractivity contribution is 5.92. The van der Waals surface area contributed by atoms with Crippen molar-refractivity contribution in [3.05, 3.63) is 46.3 Å². The van der Waals surface area contributed by atoms with Gasteiger partial charge in [0.25, 0.3) is 5.69 Å². The number of carboxylic acids is 1. The number of nitro benzene ring substituents is 1. The maximum Gasteiger partial charge on any atom is 0.342 e. The molecular formula is C12H11N3O5. The molecule has 0 fully saturated rings. The molecule has 2 aromatic rings. The Morgan fingerprint density at radius 3 is 2.80 bits per heavy atom. The number of benzene rings is 1. The fourth-order valence-corrected chi connectivity index (χ4v) is 1.62. The molecule has 1 heterocycles. The van der Waals surface area contributed by atoms with Crippen LogP contribution >= 0.6 is 0 Å². The Morgan fingerprint density at radius 2 is 2.25 bits per heavy atom. The van der Waals surface area contributed by atoms with Crippen molar-refractivity contribution in [1.29, 1.82) is 0 Å². The molecule has 8 nitrogen and oxygen atoms in total. The van der Waals surface area contributed by atoms with Crippen molar-refractivity contribution < 1.29 is 19.6 Å². The van der Waals surface area contributed by atoms with Gasteiger partial charge in [0.2, 0.25) is 0 Å². The minimum atomic E-state index is -1.38. The summed E-state index contributed by atoms with van der Waals surface area (Å²) in [5, 5.41) is 23.7. The lowest BCUT2D eigenvalue weighted by molar-refractivity contribution is -0.385. The minimum absolute atomic E-state index is 0.198. The van der Waals surface area contributed by atoms with Crippen molar-refractivity contribution >= 4 is 11.7 Å². The molecule has 20 heavy (non-hydrogen) atoms. The number of nitrogens with zero attached hydrogens (tertiary/aromatic N) is 3. The summed E-state index contributed by atoms with van der Waals surface area (Å²) in [6.07, 6.45) is 3.12. The van der Waals surface area contributed by atoms with E-state index in [0.717, 1.165) is 12.1 Å². The lowest BCUT2D eigenvalue weighted by atomic mass is 10.1. The van der Waals surface area contributed by atoms with Gasteiger partial charge in [-0.25, -0.2) is 4.79 Å². The average Bonchev–Trinajstić information content (AvgIpc) is 2.86. The quantitative estimate of drug-likeness (QED) is 0.663. The molecule has 0 radical (unpaired) electrons. The highest BCUT2D eigenvalue weighted by atomic mass is 16.6. The van der Waals surface area contributed by atoms with Gasteiger partial charge in [0.05, 0.1) is 17.3 Å². The summed E-state index contributed by atoms with van der Waals surface area (Å²) in [5.41, 5.74) is -0.899. The van der Waals surface area contributed by atoms with Gasteiger partial charge < -0.3 is 9.84 Å². The first kappa shape index (κ1) is 13.5. The number of carboxylic acid groups (broad SMARTS) is 1. The lowest BCUT2D eigenvalue weighted by Gasteiger charge is -2.04. The minimum Gasteiger partial charge on any atom is -0.477 e. The molecule has 104 valence electrons. The molecule has 1 aromatic heterocycles. The van der Waals surface area contributed by atoms with Crippen LogP contribution in [-0.2, 0) is 6.54 Å². The van der Waals surface area contributed by atoms with Crippen molar-refractivity contribution in [3.63, 3.8) is 0 Å². The molecule has 0 amide bonds. The van der Waals surface area contributed by atoms with Crippen molar-refractivity contribution in [3.8, 4) is 11.5 Å². The Labute approximate surface area is 113 Å². The van der Waals surface area contributed by atoms with Gasteiger partial charge in [-0.3, -0.25) is 14.8 Å². The molecule has 0 saturated carbocycles. The van der Waals surface area contributed by atoms with Crippen LogP contribution in [0.15, 0.2) is 30.6 Å². The standard InChI is InChI=1S/C12H11N3O5/c1-2-14-7-9(6-13-14)20-8-3-4-11(15(18)19)10(5-8)12(16)17/h3-7H,2H2,1H3,(H,16,17). The second-order valence-corrected chi connectivity index (χ2v) is 3.88. The van der Waals surface area contributed by atoms with E-state index in [9.17, 15) is 14.9 Å². The molecule has 0 atom stereocenters. The summed E-state index contributed by atoms with van der Waals surface area (Å²) in [7, 11) is 0. The summed E-state index contributed by atoms with van der Waals surface area (Å²) in [6.45, 7) is 2.58. The van der Waals surface area contributed by atoms with Crippen molar-refractivity contribution in [2.45, 2.75) is 13.5 Å². The van der Waals surface area contributed by atoms with Gasteiger partial charge in [-0.2, -0.15) is 5.10 Å². The van der Waals surface area contributed by atoms with Crippen LogP contribution in [-0.4, -0.2) is 25.8 Å². The van der Waals surface area contributed by atoms with Gasteiger partial charge in [-0.1, -0.05) is 0 Å². The third-order valence-electron chi connectivity index (χ3n) is 2.56. The van der Waals surface area contributed by atoms with E-state index in [1.165, 1.54) is 12.3 Å². The summed E-state index contributed by atoms with van der Waals surface area (Å²) in [6, 6.07) is 3.56. The van der Waals surface area contributed by atoms with E-state index >= 15 is 0 Å². The SMILES string of the molecule is CCn1cc(Oc2ccc([N+](=O)[O-])c(C(=O)O)c2)cn1. The van der Waals surface area contributed by atoms with Crippen LogP contribution in [0.4, 0.5) is 5.69 Å². The Hall–Kier alpha value is -2.90. The molecule has 1 aromatic carbocycles. The topological polar surface area (TPSA) is 107 Å². The number of aromatic nitrogens is 2. The average molecular weight is 277 g/mol. The van der Waals surface area contributed by atoms with Crippen LogP contribution in [0, 0.1) is 10.1 Å². The van der Waals surface area contributed by atoms with Gasteiger partial charge in [-0.05, 0) is 13.0 Å². The zero-order valence-corrected chi connectivity index (χ0v) is 10.5. The maximum absolute atomic E-state index is 11.0. The summed E-state index contributed by atoms with van der Waals surface area (Å²) >= 11 is 0. The summed E-state index contributed by atoms with van der Waals surface area (Å²) in [4.78, 5) is 21.0. The van der Waals surface area contributed by atoms with E-state index in [1.807, 2.05) is 6.92 Å². The van der Waals surface area contributed by atoms with Crippen LogP contribution in [0.3, 0.4) is 0 Å². The summed E-state index contributed by atoms with van der Waals surface area (Å²) < 4.78 is 7.05. The van der Waals surface area contributed by atoms with E-state index in [-0.39, 0.29) is 5.75 Å². The third kappa shape index (κ3) is 2.74. The van der Waals surface area contributed by atoms with E-state index < -0.39 is 22.1 Å². The third-order valence-corrected chi connectivity index (χ3v) is 2.56. The Kier molecular flexibility index (Phi) is 3.65. The van der Waals surface area contributed by atoms with Crippen LogP contribution in [0.25, 0.3) is 0 Å².